The van der Waals surface area contributed by atoms with Crippen molar-refractivity contribution in [2.24, 2.45) is 11.7 Å². The van der Waals surface area contributed by atoms with Crippen LogP contribution in [0.5, 0.6) is 0 Å². The molecule has 0 radical (unpaired) electrons. The van der Waals surface area contributed by atoms with E-state index in [9.17, 15) is 0 Å². The summed E-state index contributed by atoms with van der Waals surface area (Å²) in [6.07, 6.45) is 0. The lowest BCUT2D eigenvalue weighted by Gasteiger charge is -2.25. The van der Waals surface area contributed by atoms with Crippen molar-refractivity contribution in [3.63, 3.8) is 0 Å². The van der Waals surface area contributed by atoms with Crippen LogP contribution >= 0.6 is 0 Å². The van der Waals surface area contributed by atoms with Gasteiger partial charge >= 0.3 is 0 Å². The molecule has 0 fully saturated rings. The van der Waals surface area contributed by atoms with Crippen molar-refractivity contribution in [1.82, 2.24) is 5.01 Å². The van der Waals surface area contributed by atoms with E-state index < -0.39 is 0 Å². The van der Waals surface area contributed by atoms with Crippen LogP contribution in [0.2, 0.25) is 0 Å². The SMILES string of the molecule is CN(N)C[N+](C)(C)N. The van der Waals surface area contributed by atoms with Gasteiger partial charge in [0.1, 0.15) is 0 Å². The van der Waals surface area contributed by atoms with Gasteiger partial charge in [0.05, 0.1) is 14.1 Å². The average molecular weight is 119 g/mol. The van der Waals surface area contributed by atoms with Crippen molar-refractivity contribution in [1.29, 1.82) is 0 Å². The zero-order valence-corrected chi connectivity index (χ0v) is 5.76. The molecular weight excluding hydrogens is 104 g/mol. The van der Waals surface area contributed by atoms with Crippen molar-refractivity contribution < 1.29 is 4.59 Å². The molecule has 4 N–H and O–H groups in total. The first-order chi connectivity index (χ1) is 3.42. The van der Waals surface area contributed by atoms with Crippen LogP contribution in [-0.4, -0.2) is 37.4 Å². The maximum absolute atomic E-state index is 5.55. The molecule has 0 aromatic heterocycles. The Morgan fingerprint density at radius 2 is 1.88 bits per heavy atom. The normalized spacial score (nSPS) is 12.8. The first-order valence-electron chi connectivity index (χ1n) is 2.49. The van der Waals surface area contributed by atoms with Gasteiger partial charge < -0.3 is 0 Å². The minimum Gasteiger partial charge on any atom is -0.264 e. The number of hydrogen-bond acceptors (Lipinski definition) is 3. The monoisotopic (exact) mass is 119 g/mol. The molecule has 0 saturated heterocycles. The fraction of sp³-hybridized carbons (Fsp3) is 1.00. The first-order valence-corrected chi connectivity index (χ1v) is 2.49. The third-order valence-electron chi connectivity index (χ3n) is 0.588. The topological polar surface area (TPSA) is 55.3 Å². The molecule has 0 aromatic rings. The Morgan fingerprint density at radius 1 is 1.50 bits per heavy atom. The van der Waals surface area contributed by atoms with E-state index in [2.05, 4.69) is 0 Å². The van der Waals surface area contributed by atoms with E-state index in [0.29, 0.717) is 11.3 Å². The number of quaternary nitrogens is 1. The van der Waals surface area contributed by atoms with Crippen LogP contribution in [0, 0.1) is 0 Å². The van der Waals surface area contributed by atoms with Gasteiger partial charge in [0.15, 0.2) is 6.67 Å². The molecule has 0 saturated carbocycles. The summed E-state index contributed by atoms with van der Waals surface area (Å²) in [7, 11) is 5.54. The Morgan fingerprint density at radius 3 is 1.88 bits per heavy atom. The van der Waals surface area contributed by atoms with Gasteiger partial charge in [0.25, 0.3) is 0 Å². The molecule has 50 valence electrons. The van der Waals surface area contributed by atoms with Crippen molar-refractivity contribution in [3.8, 4) is 0 Å². The highest BCUT2D eigenvalue weighted by Gasteiger charge is 2.07. The van der Waals surface area contributed by atoms with Crippen LogP contribution in [0.1, 0.15) is 0 Å². The van der Waals surface area contributed by atoms with Gasteiger partial charge in [-0.2, -0.15) is 10.9 Å². The predicted octanol–water partition coefficient (Wildman–Crippen LogP) is -1.30. The molecule has 0 heterocycles. The highest BCUT2D eigenvalue weighted by atomic mass is 15.6. The second kappa shape index (κ2) is 2.41. The van der Waals surface area contributed by atoms with E-state index in [4.69, 9.17) is 11.7 Å². The Bertz CT molecular complexity index is 62.9. The molecule has 0 aliphatic carbocycles. The van der Waals surface area contributed by atoms with E-state index in [1.807, 2.05) is 14.1 Å². The van der Waals surface area contributed by atoms with Gasteiger partial charge in [-0.15, -0.1) is 0 Å². The number of hydrazine groups is 1. The minimum absolute atomic E-state index is 0.382. The molecular formula is C4H15N4+. The quantitative estimate of drug-likeness (QED) is 0.205. The fourth-order valence-electron chi connectivity index (χ4n) is 0.575. The average Bonchev–Trinajstić information content (AvgIpc) is 1.21. The molecule has 0 aliphatic rings. The van der Waals surface area contributed by atoms with Crippen LogP contribution in [0.4, 0.5) is 0 Å². The Balaban J connectivity index is 3.39. The smallest absolute Gasteiger partial charge is 0.164 e. The Hall–Kier alpha value is -0.160. The molecule has 0 amide bonds. The number of nitrogens with two attached hydrogens (primary N) is 2. The van der Waals surface area contributed by atoms with E-state index in [1.165, 1.54) is 0 Å². The first kappa shape index (κ1) is 7.84. The van der Waals surface area contributed by atoms with E-state index in [1.54, 1.807) is 12.1 Å². The lowest BCUT2D eigenvalue weighted by molar-refractivity contribution is -0.912. The largest absolute Gasteiger partial charge is 0.264 e. The summed E-state index contributed by atoms with van der Waals surface area (Å²) >= 11 is 0. The van der Waals surface area contributed by atoms with Gasteiger partial charge in [0.2, 0.25) is 0 Å². The van der Waals surface area contributed by atoms with Gasteiger partial charge in [-0.1, -0.05) is 0 Å². The maximum Gasteiger partial charge on any atom is 0.164 e. The lowest BCUT2D eigenvalue weighted by Crippen LogP contribution is -2.54. The van der Waals surface area contributed by atoms with Gasteiger partial charge in [-0.05, 0) is 0 Å². The zero-order valence-electron chi connectivity index (χ0n) is 5.76. The number of hydrogen-bond donors (Lipinski definition) is 2. The van der Waals surface area contributed by atoms with Crippen LogP contribution in [-0.2, 0) is 0 Å². The maximum atomic E-state index is 5.55. The van der Waals surface area contributed by atoms with Crippen molar-refractivity contribution in [2.75, 3.05) is 27.8 Å². The Kier molecular flexibility index (Phi) is 2.36. The molecule has 0 rings (SSSR count). The molecule has 8 heavy (non-hydrogen) atoms. The van der Waals surface area contributed by atoms with Crippen molar-refractivity contribution >= 4 is 0 Å². The summed E-state index contributed by atoms with van der Waals surface area (Å²) in [5.41, 5.74) is 0. The van der Waals surface area contributed by atoms with E-state index in [0.717, 1.165) is 0 Å². The molecule has 0 spiro atoms. The standard InChI is InChI=1S/C4H15N4/c1-7(5)4-8(2,3)6/h4-6H2,1-3H3/q+1. The molecule has 0 unspecified atom stereocenters. The van der Waals surface area contributed by atoms with E-state index in [-0.39, 0.29) is 0 Å². The van der Waals surface area contributed by atoms with Gasteiger partial charge in [-0.25, -0.2) is 4.59 Å². The van der Waals surface area contributed by atoms with Crippen LogP contribution in [0.3, 0.4) is 0 Å². The van der Waals surface area contributed by atoms with Crippen LogP contribution in [0.25, 0.3) is 0 Å². The molecule has 0 aliphatic heterocycles. The van der Waals surface area contributed by atoms with E-state index >= 15 is 0 Å². The number of nitrogens with zero attached hydrogens (tertiary/aromatic N) is 2. The Labute approximate surface area is 50.2 Å². The van der Waals surface area contributed by atoms with Crippen LogP contribution < -0.4 is 11.7 Å². The molecule has 0 atom stereocenters. The summed E-state index contributed by atoms with van der Waals surface area (Å²) in [6, 6.07) is 0. The summed E-state index contributed by atoms with van der Waals surface area (Å²) < 4.78 is 0.382. The van der Waals surface area contributed by atoms with Gasteiger partial charge in [-0.3, -0.25) is 5.84 Å². The second-order valence-corrected chi connectivity index (χ2v) is 2.68. The summed E-state index contributed by atoms with van der Waals surface area (Å²) in [5, 5.41) is 1.56. The highest BCUT2D eigenvalue weighted by molar-refractivity contribution is 4.17. The fourth-order valence-corrected chi connectivity index (χ4v) is 0.575. The van der Waals surface area contributed by atoms with Crippen molar-refractivity contribution in [3.05, 3.63) is 0 Å². The summed E-state index contributed by atoms with van der Waals surface area (Å²) in [4.78, 5) is 0. The minimum atomic E-state index is 0.382. The predicted molar refractivity (Wildman–Crippen MR) is 33.1 cm³/mol. The molecule has 4 nitrogen and oxygen atoms in total. The molecule has 0 bridgehead atoms. The third kappa shape index (κ3) is 5.84. The number of rotatable bonds is 2. The second-order valence-electron chi connectivity index (χ2n) is 2.68. The van der Waals surface area contributed by atoms with Crippen molar-refractivity contribution in [2.45, 2.75) is 0 Å². The highest BCUT2D eigenvalue weighted by Crippen LogP contribution is 1.82. The third-order valence-corrected chi connectivity index (χ3v) is 0.588. The molecule has 4 heteroatoms. The van der Waals surface area contributed by atoms with Crippen LogP contribution in [0.15, 0.2) is 0 Å². The lowest BCUT2D eigenvalue weighted by atomic mass is 10.8. The zero-order chi connectivity index (χ0) is 6.78. The summed E-state index contributed by atoms with van der Waals surface area (Å²) in [6.45, 7) is 0.653. The van der Waals surface area contributed by atoms with Gasteiger partial charge in [0, 0.05) is 7.05 Å². The summed E-state index contributed by atoms with van der Waals surface area (Å²) in [5.74, 6) is 10.9. The molecule has 0 aromatic carbocycles.